The Morgan fingerprint density at radius 2 is 1.49 bits per heavy atom. The van der Waals surface area contributed by atoms with Crippen LogP contribution in [-0.2, 0) is 25.0 Å². The van der Waals surface area contributed by atoms with Crippen LogP contribution in [0.25, 0.3) is 0 Å². The molecule has 41 heavy (non-hydrogen) atoms. The van der Waals surface area contributed by atoms with Crippen LogP contribution in [0.1, 0.15) is 69.3 Å². The van der Waals surface area contributed by atoms with Gasteiger partial charge in [-0.05, 0) is 80.0 Å². The van der Waals surface area contributed by atoms with E-state index in [1.807, 2.05) is 47.4 Å². The van der Waals surface area contributed by atoms with Gasteiger partial charge >= 0.3 is 0 Å². The van der Waals surface area contributed by atoms with E-state index in [1.54, 1.807) is 0 Å². The van der Waals surface area contributed by atoms with Crippen LogP contribution in [-0.4, -0.2) is 63.0 Å². The van der Waals surface area contributed by atoms with Crippen molar-refractivity contribution in [3.05, 3.63) is 59.7 Å². The number of rotatable bonds is 7. The number of piperazine rings is 1. The van der Waals surface area contributed by atoms with Gasteiger partial charge in [0.15, 0.2) is 0 Å². The minimum atomic E-state index is -3.57. The lowest BCUT2D eigenvalue weighted by molar-refractivity contribution is -0.138. The Morgan fingerprint density at radius 3 is 2.07 bits per heavy atom. The monoisotopic (exact) mass is 582 g/mol. The number of benzene rings is 2. The van der Waals surface area contributed by atoms with E-state index in [0.717, 1.165) is 16.9 Å². The lowest BCUT2D eigenvalue weighted by Crippen LogP contribution is -2.51. The highest BCUT2D eigenvalue weighted by Gasteiger charge is 2.34. The van der Waals surface area contributed by atoms with E-state index >= 15 is 0 Å². The molecule has 0 unspecified atom stereocenters. The molecule has 1 aliphatic carbocycles. The van der Waals surface area contributed by atoms with Crippen molar-refractivity contribution in [1.82, 2.24) is 9.62 Å². The molecule has 0 radical (unpaired) electrons. The molecule has 3 amide bonds. The Morgan fingerprint density at radius 1 is 0.878 bits per heavy atom. The Balaban J connectivity index is 1.25. The fraction of sp³-hybridized carbons (Fsp3) is 0.516. The Kier molecular flexibility index (Phi) is 9.41. The topological polar surface area (TPSA) is 116 Å². The summed E-state index contributed by atoms with van der Waals surface area (Å²) in [6.45, 7) is 10.5. The second-order valence-corrected chi connectivity index (χ2v) is 14.1. The second kappa shape index (κ2) is 12.6. The molecule has 0 aromatic heterocycles. The highest BCUT2D eigenvalue weighted by Crippen LogP contribution is 2.31. The molecule has 2 aromatic rings. The van der Waals surface area contributed by atoms with Crippen molar-refractivity contribution in [3.63, 3.8) is 0 Å². The molecule has 9 nitrogen and oxygen atoms in total. The van der Waals surface area contributed by atoms with Gasteiger partial charge in [-0.1, -0.05) is 32.9 Å². The van der Waals surface area contributed by atoms with Crippen molar-refractivity contribution in [2.75, 3.05) is 42.1 Å². The summed E-state index contributed by atoms with van der Waals surface area (Å²) in [5.41, 5.74) is 3.52. The number of hydrogen-bond donors (Lipinski definition) is 2. The SMILES string of the molecule is CCS(=O)(=O)NC(=O)C1CCC(C(=O)N2CCN(c3ccc(C(=O)Nc4cccc(C(C)(C)C)c4)cc3)CC2)CC1. The summed E-state index contributed by atoms with van der Waals surface area (Å²) in [4.78, 5) is 42.4. The zero-order valence-electron chi connectivity index (χ0n) is 24.5. The first-order chi connectivity index (χ1) is 19.4. The van der Waals surface area contributed by atoms with Gasteiger partial charge < -0.3 is 15.1 Å². The van der Waals surface area contributed by atoms with Gasteiger partial charge in [0, 0.05) is 55.0 Å². The summed E-state index contributed by atoms with van der Waals surface area (Å²) in [7, 11) is -3.57. The summed E-state index contributed by atoms with van der Waals surface area (Å²) >= 11 is 0. The number of carbonyl (C=O) groups excluding carboxylic acids is 3. The number of nitrogens with one attached hydrogen (secondary N) is 2. The molecule has 1 saturated heterocycles. The van der Waals surface area contributed by atoms with E-state index in [2.05, 4.69) is 41.8 Å². The van der Waals surface area contributed by atoms with E-state index in [0.29, 0.717) is 57.4 Å². The van der Waals surface area contributed by atoms with Crippen LogP contribution in [0, 0.1) is 11.8 Å². The number of carbonyl (C=O) groups is 3. The molecule has 2 fully saturated rings. The number of amides is 3. The van der Waals surface area contributed by atoms with Gasteiger partial charge in [0.25, 0.3) is 5.91 Å². The number of anilines is 2. The van der Waals surface area contributed by atoms with Crippen molar-refractivity contribution < 1.29 is 22.8 Å². The third-order valence-electron chi connectivity index (χ3n) is 8.16. The zero-order valence-corrected chi connectivity index (χ0v) is 25.3. The summed E-state index contributed by atoms with van der Waals surface area (Å²) in [5.74, 6) is -1.12. The van der Waals surface area contributed by atoms with Crippen LogP contribution in [0.15, 0.2) is 48.5 Å². The fourth-order valence-corrected chi connectivity index (χ4v) is 6.06. The van der Waals surface area contributed by atoms with Crippen LogP contribution in [0.3, 0.4) is 0 Å². The number of nitrogens with zero attached hydrogens (tertiary/aromatic N) is 2. The minimum Gasteiger partial charge on any atom is -0.368 e. The Hall–Kier alpha value is -3.40. The van der Waals surface area contributed by atoms with Gasteiger partial charge in [0.1, 0.15) is 0 Å². The minimum absolute atomic E-state index is 0.00414. The lowest BCUT2D eigenvalue weighted by atomic mass is 9.81. The molecule has 4 rings (SSSR count). The van der Waals surface area contributed by atoms with Gasteiger partial charge in [-0.25, -0.2) is 8.42 Å². The Labute approximate surface area is 243 Å². The van der Waals surface area contributed by atoms with Crippen LogP contribution in [0.4, 0.5) is 11.4 Å². The third kappa shape index (κ3) is 7.87. The summed E-state index contributed by atoms with van der Waals surface area (Å²) in [6.07, 6.45) is 2.22. The fourth-order valence-electron chi connectivity index (χ4n) is 5.44. The molecule has 0 atom stereocenters. The van der Waals surface area contributed by atoms with E-state index in [1.165, 1.54) is 6.92 Å². The predicted octanol–water partition coefficient (Wildman–Crippen LogP) is 4.16. The lowest BCUT2D eigenvalue weighted by Gasteiger charge is -2.38. The highest BCUT2D eigenvalue weighted by atomic mass is 32.2. The van der Waals surface area contributed by atoms with Crippen molar-refractivity contribution >= 4 is 39.1 Å². The first-order valence-electron chi connectivity index (χ1n) is 14.5. The quantitative estimate of drug-likeness (QED) is 0.507. The molecule has 0 bridgehead atoms. The zero-order chi connectivity index (χ0) is 29.8. The van der Waals surface area contributed by atoms with Gasteiger partial charge in [0.2, 0.25) is 21.8 Å². The van der Waals surface area contributed by atoms with Crippen LogP contribution in [0.2, 0.25) is 0 Å². The molecule has 222 valence electrons. The van der Waals surface area contributed by atoms with Crippen LogP contribution < -0.4 is 14.9 Å². The molecule has 2 N–H and O–H groups in total. The van der Waals surface area contributed by atoms with E-state index in [-0.39, 0.29) is 34.8 Å². The first kappa shape index (κ1) is 30.6. The van der Waals surface area contributed by atoms with Crippen molar-refractivity contribution in [3.8, 4) is 0 Å². The van der Waals surface area contributed by atoms with Crippen molar-refractivity contribution in [1.29, 1.82) is 0 Å². The first-order valence-corrected chi connectivity index (χ1v) is 16.1. The van der Waals surface area contributed by atoms with Crippen molar-refractivity contribution in [2.45, 2.75) is 58.8 Å². The van der Waals surface area contributed by atoms with E-state index < -0.39 is 15.9 Å². The smallest absolute Gasteiger partial charge is 0.255 e. The van der Waals surface area contributed by atoms with Gasteiger partial charge in [0.05, 0.1) is 5.75 Å². The normalized spacial score (nSPS) is 19.9. The van der Waals surface area contributed by atoms with Gasteiger partial charge in [-0.3, -0.25) is 19.1 Å². The summed E-state index contributed by atoms with van der Waals surface area (Å²) in [5, 5.41) is 2.99. The maximum atomic E-state index is 13.2. The number of sulfonamides is 1. The van der Waals surface area contributed by atoms with Crippen LogP contribution >= 0.6 is 0 Å². The summed E-state index contributed by atoms with van der Waals surface area (Å²) < 4.78 is 25.5. The van der Waals surface area contributed by atoms with Gasteiger partial charge in [-0.15, -0.1) is 0 Å². The largest absolute Gasteiger partial charge is 0.368 e. The van der Waals surface area contributed by atoms with Crippen LogP contribution in [0.5, 0.6) is 0 Å². The molecule has 1 saturated carbocycles. The van der Waals surface area contributed by atoms with Gasteiger partial charge in [-0.2, -0.15) is 0 Å². The highest BCUT2D eigenvalue weighted by molar-refractivity contribution is 7.90. The molecule has 10 heteroatoms. The molecule has 2 aromatic carbocycles. The average Bonchev–Trinajstić information content (AvgIpc) is 2.96. The Bertz CT molecular complexity index is 1350. The molecular formula is C31H42N4O5S. The molecule has 1 aliphatic heterocycles. The van der Waals surface area contributed by atoms with E-state index in [4.69, 9.17) is 0 Å². The third-order valence-corrected chi connectivity index (χ3v) is 9.43. The predicted molar refractivity (Wildman–Crippen MR) is 161 cm³/mol. The van der Waals surface area contributed by atoms with Crippen molar-refractivity contribution in [2.24, 2.45) is 11.8 Å². The molecule has 1 heterocycles. The number of hydrogen-bond acceptors (Lipinski definition) is 6. The molecule has 0 spiro atoms. The average molecular weight is 583 g/mol. The van der Waals surface area contributed by atoms with E-state index in [9.17, 15) is 22.8 Å². The maximum absolute atomic E-state index is 13.2. The summed E-state index contributed by atoms with van der Waals surface area (Å²) in [6, 6.07) is 15.5. The molecule has 2 aliphatic rings. The second-order valence-electron chi connectivity index (χ2n) is 12.1. The molecular weight excluding hydrogens is 540 g/mol. The standard InChI is InChI=1S/C31H42N4O5S/c1-5-41(39,40)33-29(37)23-9-11-24(12-10-23)30(38)35-19-17-34(18-20-35)27-15-13-22(14-16-27)28(36)32-26-8-6-7-25(21-26)31(2,3)4/h6-8,13-16,21,23-24H,5,9-12,17-20H2,1-4H3,(H,32,36)(H,33,37). The maximum Gasteiger partial charge on any atom is 0.255 e.